The summed E-state index contributed by atoms with van der Waals surface area (Å²) in [4.78, 5) is 12.6. The highest BCUT2D eigenvalue weighted by atomic mass is 35.5. The SMILES string of the molecule is Cl.O=C(NCc1nnnn1-c1ccccc1)[C@H]1CC[C@H]2OCCN[C@@H]2C1. The van der Waals surface area contributed by atoms with Gasteiger partial charge in [0, 0.05) is 18.5 Å². The van der Waals surface area contributed by atoms with Gasteiger partial charge in [-0.1, -0.05) is 18.2 Å². The number of para-hydroxylation sites is 1. The van der Waals surface area contributed by atoms with Crippen molar-refractivity contribution in [3.05, 3.63) is 36.2 Å². The van der Waals surface area contributed by atoms with E-state index in [0.29, 0.717) is 12.4 Å². The Morgan fingerprint density at radius 2 is 2.15 bits per heavy atom. The van der Waals surface area contributed by atoms with Gasteiger partial charge in [-0.25, -0.2) is 0 Å². The molecule has 9 heteroatoms. The molecule has 1 aromatic carbocycles. The predicted octanol–water partition coefficient (Wildman–Crippen LogP) is 0.857. The summed E-state index contributed by atoms with van der Waals surface area (Å²) in [6.45, 7) is 1.94. The zero-order chi connectivity index (χ0) is 17.1. The second kappa shape index (κ2) is 8.57. The highest BCUT2D eigenvalue weighted by molar-refractivity contribution is 5.85. The molecule has 2 heterocycles. The number of morpholine rings is 1. The van der Waals surface area contributed by atoms with Crippen molar-refractivity contribution in [3.8, 4) is 5.69 Å². The average molecular weight is 379 g/mol. The summed E-state index contributed by atoms with van der Waals surface area (Å²) < 4.78 is 7.42. The van der Waals surface area contributed by atoms with Crippen LogP contribution in [0, 0.1) is 5.92 Å². The normalized spacial score (nSPS) is 25.0. The Hall–Kier alpha value is -2.03. The molecule has 2 aromatic rings. The summed E-state index contributed by atoms with van der Waals surface area (Å²) in [5.41, 5.74) is 0.876. The topological polar surface area (TPSA) is 94.0 Å². The van der Waals surface area contributed by atoms with Crippen LogP contribution in [-0.2, 0) is 16.1 Å². The van der Waals surface area contributed by atoms with Crippen molar-refractivity contribution in [1.29, 1.82) is 0 Å². The third kappa shape index (κ3) is 4.03. The first-order valence-electron chi connectivity index (χ1n) is 8.76. The van der Waals surface area contributed by atoms with E-state index in [-0.39, 0.29) is 36.4 Å². The van der Waals surface area contributed by atoms with Gasteiger partial charge in [-0.15, -0.1) is 17.5 Å². The quantitative estimate of drug-likeness (QED) is 0.819. The standard InChI is InChI=1S/C17H22N6O2.ClH/c24-17(12-6-7-15-14(10-12)18-8-9-25-15)19-11-16-20-21-22-23(16)13-4-2-1-3-5-13;/h1-5,12,14-15,18H,6-11H2,(H,19,24);1H/t12-,14+,15+;/m0./s1. The molecule has 3 atom stereocenters. The molecule has 0 unspecified atom stereocenters. The number of halogens is 1. The molecule has 2 aliphatic rings. The highest BCUT2D eigenvalue weighted by Gasteiger charge is 2.35. The van der Waals surface area contributed by atoms with E-state index in [9.17, 15) is 4.79 Å². The molecule has 1 saturated heterocycles. The van der Waals surface area contributed by atoms with Gasteiger partial charge in [-0.2, -0.15) is 4.68 Å². The van der Waals surface area contributed by atoms with Crippen LogP contribution in [0.15, 0.2) is 30.3 Å². The van der Waals surface area contributed by atoms with Crippen LogP contribution in [-0.4, -0.2) is 51.4 Å². The van der Waals surface area contributed by atoms with Crippen LogP contribution in [0.25, 0.3) is 5.69 Å². The predicted molar refractivity (Wildman–Crippen MR) is 97.1 cm³/mol. The Labute approximate surface area is 158 Å². The number of nitrogens with one attached hydrogen (secondary N) is 2. The molecule has 1 aromatic heterocycles. The highest BCUT2D eigenvalue weighted by Crippen LogP contribution is 2.28. The number of rotatable bonds is 4. The summed E-state index contributed by atoms with van der Waals surface area (Å²) in [7, 11) is 0. The van der Waals surface area contributed by atoms with Gasteiger partial charge in [0.25, 0.3) is 0 Å². The van der Waals surface area contributed by atoms with E-state index in [1.165, 1.54) is 0 Å². The molecule has 140 valence electrons. The van der Waals surface area contributed by atoms with Crippen LogP contribution < -0.4 is 10.6 Å². The number of amides is 1. The minimum Gasteiger partial charge on any atom is -0.375 e. The molecule has 1 aliphatic heterocycles. The monoisotopic (exact) mass is 378 g/mol. The molecule has 1 amide bonds. The number of benzene rings is 1. The number of fused-ring (bicyclic) bond motifs is 1. The van der Waals surface area contributed by atoms with Crippen LogP contribution in [0.4, 0.5) is 0 Å². The Balaban J connectivity index is 0.00000196. The summed E-state index contributed by atoms with van der Waals surface area (Å²) in [6, 6.07) is 9.94. The first kappa shape index (κ1) is 18.8. The molecule has 4 rings (SSSR count). The maximum absolute atomic E-state index is 12.6. The van der Waals surface area contributed by atoms with Crippen LogP contribution in [0.5, 0.6) is 0 Å². The van der Waals surface area contributed by atoms with Crippen molar-refractivity contribution < 1.29 is 9.53 Å². The summed E-state index contributed by atoms with van der Waals surface area (Å²) in [5, 5.41) is 18.2. The van der Waals surface area contributed by atoms with E-state index in [1.807, 2.05) is 30.3 Å². The lowest BCUT2D eigenvalue weighted by Gasteiger charge is -2.39. The number of carbonyl (C=O) groups is 1. The summed E-state index contributed by atoms with van der Waals surface area (Å²) in [5.74, 6) is 0.692. The van der Waals surface area contributed by atoms with Gasteiger partial charge in [0.05, 0.1) is 24.9 Å². The van der Waals surface area contributed by atoms with E-state index < -0.39 is 0 Å². The Kier molecular flexibility index (Phi) is 6.18. The summed E-state index contributed by atoms with van der Waals surface area (Å²) >= 11 is 0. The maximum Gasteiger partial charge on any atom is 0.223 e. The number of nitrogens with zero attached hydrogens (tertiary/aromatic N) is 4. The zero-order valence-electron chi connectivity index (χ0n) is 14.4. The largest absolute Gasteiger partial charge is 0.375 e. The van der Waals surface area contributed by atoms with Crippen LogP contribution in [0.3, 0.4) is 0 Å². The fourth-order valence-corrected chi connectivity index (χ4v) is 3.65. The maximum atomic E-state index is 12.6. The van der Waals surface area contributed by atoms with E-state index in [0.717, 1.165) is 38.1 Å². The number of tetrazole rings is 1. The molecule has 1 saturated carbocycles. The van der Waals surface area contributed by atoms with Crippen LogP contribution in [0.2, 0.25) is 0 Å². The second-order valence-corrected chi connectivity index (χ2v) is 6.54. The van der Waals surface area contributed by atoms with Gasteiger partial charge >= 0.3 is 0 Å². The van der Waals surface area contributed by atoms with Gasteiger partial charge in [-0.05, 0) is 41.8 Å². The molecule has 0 bridgehead atoms. The summed E-state index contributed by atoms with van der Waals surface area (Å²) in [6.07, 6.45) is 2.86. The molecule has 2 fully saturated rings. The molecule has 2 N–H and O–H groups in total. The van der Waals surface area contributed by atoms with Crippen molar-refractivity contribution in [2.24, 2.45) is 5.92 Å². The third-order valence-electron chi connectivity index (χ3n) is 4.95. The van der Waals surface area contributed by atoms with Crippen molar-refractivity contribution >= 4 is 18.3 Å². The number of aromatic nitrogens is 4. The number of ether oxygens (including phenoxy) is 1. The Morgan fingerprint density at radius 1 is 1.31 bits per heavy atom. The van der Waals surface area contributed by atoms with E-state index in [4.69, 9.17) is 4.74 Å². The molecular formula is C17H23ClN6O2. The lowest BCUT2D eigenvalue weighted by atomic mass is 9.82. The number of hydrogen-bond donors (Lipinski definition) is 2. The Bertz CT molecular complexity index is 725. The minimum atomic E-state index is 0. The van der Waals surface area contributed by atoms with Gasteiger partial charge in [0.1, 0.15) is 0 Å². The molecular weight excluding hydrogens is 356 g/mol. The number of carbonyl (C=O) groups excluding carboxylic acids is 1. The fraction of sp³-hybridized carbons (Fsp3) is 0.529. The Morgan fingerprint density at radius 3 is 3.00 bits per heavy atom. The minimum absolute atomic E-state index is 0. The van der Waals surface area contributed by atoms with Crippen molar-refractivity contribution in [3.63, 3.8) is 0 Å². The molecule has 8 nitrogen and oxygen atoms in total. The third-order valence-corrected chi connectivity index (χ3v) is 4.95. The smallest absolute Gasteiger partial charge is 0.223 e. The van der Waals surface area contributed by atoms with E-state index in [2.05, 4.69) is 26.2 Å². The van der Waals surface area contributed by atoms with Crippen molar-refractivity contribution in [2.75, 3.05) is 13.2 Å². The average Bonchev–Trinajstić information content (AvgIpc) is 3.15. The van der Waals surface area contributed by atoms with E-state index >= 15 is 0 Å². The lowest BCUT2D eigenvalue weighted by Crippen LogP contribution is -2.53. The first-order chi connectivity index (χ1) is 12.3. The van der Waals surface area contributed by atoms with Gasteiger partial charge < -0.3 is 15.4 Å². The van der Waals surface area contributed by atoms with Gasteiger partial charge in [0.15, 0.2) is 5.82 Å². The number of hydrogen-bond acceptors (Lipinski definition) is 6. The van der Waals surface area contributed by atoms with Gasteiger partial charge in [-0.3, -0.25) is 4.79 Å². The van der Waals surface area contributed by atoms with Crippen LogP contribution in [0.1, 0.15) is 25.1 Å². The van der Waals surface area contributed by atoms with Crippen LogP contribution >= 0.6 is 12.4 Å². The fourth-order valence-electron chi connectivity index (χ4n) is 3.65. The second-order valence-electron chi connectivity index (χ2n) is 6.54. The van der Waals surface area contributed by atoms with Gasteiger partial charge in [0.2, 0.25) is 5.91 Å². The van der Waals surface area contributed by atoms with Crippen molar-refractivity contribution in [2.45, 2.75) is 38.0 Å². The lowest BCUT2D eigenvalue weighted by molar-refractivity contribution is -0.128. The molecule has 1 aliphatic carbocycles. The molecule has 0 radical (unpaired) electrons. The van der Waals surface area contributed by atoms with Crippen molar-refractivity contribution in [1.82, 2.24) is 30.8 Å². The molecule has 0 spiro atoms. The first-order valence-corrected chi connectivity index (χ1v) is 8.76. The van der Waals surface area contributed by atoms with E-state index in [1.54, 1.807) is 4.68 Å². The molecule has 26 heavy (non-hydrogen) atoms. The zero-order valence-corrected chi connectivity index (χ0v) is 15.2.